The molecule has 2 aliphatic rings. The Labute approximate surface area is 148 Å². The molecule has 25 heavy (non-hydrogen) atoms. The SMILES string of the molecule is CCO[C@@H]1C[C@@H](N(C)C(=O)c2cn3cccnc3n2)C12CCCCC2. The number of ether oxygens (including phenoxy) is 1. The summed E-state index contributed by atoms with van der Waals surface area (Å²) in [6.45, 7) is 2.80. The third kappa shape index (κ3) is 2.63. The maximum Gasteiger partial charge on any atom is 0.274 e. The summed E-state index contributed by atoms with van der Waals surface area (Å²) in [6, 6.07) is 2.08. The molecule has 0 unspecified atom stereocenters. The number of hydrogen-bond donors (Lipinski definition) is 0. The largest absolute Gasteiger partial charge is 0.378 e. The smallest absolute Gasteiger partial charge is 0.274 e. The third-order valence-electron chi connectivity index (χ3n) is 6.14. The lowest BCUT2D eigenvalue weighted by Gasteiger charge is -2.60. The fourth-order valence-corrected chi connectivity index (χ4v) is 4.83. The van der Waals surface area contributed by atoms with Crippen molar-refractivity contribution < 1.29 is 9.53 Å². The Kier molecular flexibility index (Phi) is 4.23. The predicted octanol–water partition coefficient (Wildman–Crippen LogP) is 2.93. The molecule has 2 heterocycles. The van der Waals surface area contributed by atoms with Gasteiger partial charge in [-0.25, -0.2) is 9.97 Å². The molecule has 2 aliphatic carbocycles. The number of carbonyl (C=O) groups excluding carboxylic acids is 1. The van der Waals surface area contributed by atoms with Gasteiger partial charge in [-0.1, -0.05) is 19.3 Å². The zero-order valence-electron chi connectivity index (χ0n) is 15.0. The summed E-state index contributed by atoms with van der Waals surface area (Å²) < 4.78 is 7.81. The van der Waals surface area contributed by atoms with Crippen LogP contribution in [0.3, 0.4) is 0 Å². The number of imidazole rings is 1. The molecule has 1 spiro atoms. The summed E-state index contributed by atoms with van der Waals surface area (Å²) in [7, 11) is 1.92. The lowest BCUT2D eigenvalue weighted by atomic mass is 9.54. The highest BCUT2D eigenvalue weighted by molar-refractivity contribution is 5.93. The van der Waals surface area contributed by atoms with E-state index in [0.29, 0.717) is 17.6 Å². The van der Waals surface area contributed by atoms with Gasteiger partial charge in [0.2, 0.25) is 5.78 Å². The van der Waals surface area contributed by atoms with Crippen molar-refractivity contribution in [3.05, 3.63) is 30.4 Å². The first kappa shape index (κ1) is 16.5. The van der Waals surface area contributed by atoms with Crippen LogP contribution in [-0.2, 0) is 4.74 Å². The second-order valence-corrected chi connectivity index (χ2v) is 7.36. The Morgan fingerprint density at radius 3 is 2.92 bits per heavy atom. The number of fused-ring (bicyclic) bond motifs is 1. The van der Waals surface area contributed by atoms with E-state index >= 15 is 0 Å². The van der Waals surface area contributed by atoms with Crippen molar-refractivity contribution in [1.82, 2.24) is 19.3 Å². The van der Waals surface area contributed by atoms with Gasteiger partial charge in [0.25, 0.3) is 5.91 Å². The van der Waals surface area contributed by atoms with Crippen LogP contribution in [-0.4, -0.2) is 51.0 Å². The van der Waals surface area contributed by atoms with E-state index in [-0.39, 0.29) is 17.4 Å². The minimum absolute atomic E-state index is 0.0182. The fourth-order valence-electron chi connectivity index (χ4n) is 4.83. The van der Waals surface area contributed by atoms with E-state index in [1.54, 1.807) is 16.8 Å². The van der Waals surface area contributed by atoms with Crippen LogP contribution in [0.4, 0.5) is 0 Å². The molecule has 2 aromatic rings. The fraction of sp³-hybridized carbons (Fsp3) is 0.632. The Morgan fingerprint density at radius 1 is 1.40 bits per heavy atom. The van der Waals surface area contributed by atoms with E-state index in [4.69, 9.17) is 4.74 Å². The highest BCUT2D eigenvalue weighted by Gasteiger charge is 2.57. The van der Waals surface area contributed by atoms with Gasteiger partial charge in [-0.3, -0.25) is 9.20 Å². The van der Waals surface area contributed by atoms with Crippen molar-refractivity contribution in [2.75, 3.05) is 13.7 Å². The van der Waals surface area contributed by atoms with Crippen LogP contribution in [0.5, 0.6) is 0 Å². The third-order valence-corrected chi connectivity index (χ3v) is 6.14. The average Bonchev–Trinajstić information content (AvgIpc) is 3.08. The zero-order chi connectivity index (χ0) is 17.4. The van der Waals surface area contributed by atoms with Gasteiger partial charge in [-0.05, 0) is 32.3 Å². The van der Waals surface area contributed by atoms with Gasteiger partial charge in [0.15, 0.2) is 0 Å². The Morgan fingerprint density at radius 2 is 2.20 bits per heavy atom. The van der Waals surface area contributed by atoms with Gasteiger partial charge < -0.3 is 9.64 Å². The normalized spacial score (nSPS) is 25.0. The van der Waals surface area contributed by atoms with Crippen molar-refractivity contribution in [2.45, 2.75) is 57.6 Å². The van der Waals surface area contributed by atoms with Crippen LogP contribution in [0, 0.1) is 5.41 Å². The quantitative estimate of drug-likeness (QED) is 0.857. The molecule has 0 saturated heterocycles. The molecule has 0 radical (unpaired) electrons. The topological polar surface area (TPSA) is 59.7 Å². The van der Waals surface area contributed by atoms with Crippen molar-refractivity contribution in [3.8, 4) is 0 Å². The first-order chi connectivity index (χ1) is 12.2. The van der Waals surface area contributed by atoms with Crippen LogP contribution < -0.4 is 0 Å². The van der Waals surface area contributed by atoms with Crippen LogP contribution >= 0.6 is 0 Å². The summed E-state index contributed by atoms with van der Waals surface area (Å²) in [5.74, 6) is 0.544. The number of nitrogens with zero attached hydrogens (tertiary/aromatic N) is 4. The molecular formula is C19H26N4O2. The van der Waals surface area contributed by atoms with Crippen LogP contribution in [0.2, 0.25) is 0 Å². The zero-order valence-corrected chi connectivity index (χ0v) is 15.0. The molecule has 2 fully saturated rings. The van der Waals surface area contributed by atoms with E-state index in [1.165, 1.54) is 19.3 Å². The number of carbonyl (C=O) groups is 1. The second-order valence-electron chi connectivity index (χ2n) is 7.36. The Hall–Kier alpha value is -1.95. The molecule has 2 atom stereocenters. The standard InChI is InChI=1S/C19H26N4O2/c1-3-25-16-12-15(19(16)8-5-4-6-9-19)22(2)17(24)14-13-23-11-7-10-20-18(23)21-14/h7,10-11,13,15-16H,3-6,8-9,12H2,1-2H3/t15-,16-/m1/s1. The molecule has 134 valence electrons. The highest BCUT2D eigenvalue weighted by atomic mass is 16.5. The molecule has 4 rings (SSSR count). The first-order valence-corrected chi connectivity index (χ1v) is 9.34. The van der Waals surface area contributed by atoms with Gasteiger partial charge in [-0.15, -0.1) is 0 Å². The average molecular weight is 342 g/mol. The van der Waals surface area contributed by atoms with E-state index in [1.807, 2.05) is 24.2 Å². The lowest BCUT2D eigenvalue weighted by molar-refractivity contribution is -0.170. The molecule has 6 heteroatoms. The molecule has 6 nitrogen and oxygen atoms in total. The van der Waals surface area contributed by atoms with Crippen molar-refractivity contribution in [3.63, 3.8) is 0 Å². The number of amides is 1. The number of aromatic nitrogens is 3. The Balaban J connectivity index is 1.56. The summed E-state index contributed by atoms with van der Waals surface area (Å²) in [6.07, 6.45) is 12.6. The molecule has 0 aromatic carbocycles. The van der Waals surface area contributed by atoms with Gasteiger partial charge >= 0.3 is 0 Å². The molecule has 2 saturated carbocycles. The predicted molar refractivity (Wildman–Crippen MR) is 94.4 cm³/mol. The molecule has 0 aliphatic heterocycles. The van der Waals surface area contributed by atoms with Crippen LogP contribution in [0.15, 0.2) is 24.7 Å². The minimum atomic E-state index is -0.0182. The summed E-state index contributed by atoms with van der Waals surface area (Å²) in [4.78, 5) is 23.5. The molecule has 0 N–H and O–H groups in total. The monoisotopic (exact) mass is 342 g/mol. The summed E-state index contributed by atoms with van der Waals surface area (Å²) in [5, 5.41) is 0. The van der Waals surface area contributed by atoms with Crippen LogP contribution in [0.1, 0.15) is 55.9 Å². The maximum atomic E-state index is 13.0. The van der Waals surface area contributed by atoms with Gasteiger partial charge in [0, 0.05) is 43.7 Å². The highest BCUT2D eigenvalue weighted by Crippen LogP contribution is 2.55. The van der Waals surface area contributed by atoms with Gasteiger partial charge in [0.1, 0.15) is 5.69 Å². The minimum Gasteiger partial charge on any atom is -0.378 e. The summed E-state index contributed by atoms with van der Waals surface area (Å²) >= 11 is 0. The van der Waals surface area contributed by atoms with E-state index in [9.17, 15) is 4.79 Å². The molecule has 1 amide bonds. The first-order valence-electron chi connectivity index (χ1n) is 9.34. The molecular weight excluding hydrogens is 316 g/mol. The second kappa shape index (κ2) is 6.41. The number of rotatable bonds is 4. The lowest BCUT2D eigenvalue weighted by Crippen LogP contribution is -2.65. The van der Waals surface area contributed by atoms with Crippen LogP contribution in [0.25, 0.3) is 5.78 Å². The van der Waals surface area contributed by atoms with Crippen molar-refractivity contribution in [2.24, 2.45) is 5.41 Å². The number of hydrogen-bond acceptors (Lipinski definition) is 4. The molecule has 0 bridgehead atoms. The van der Waals surface area contributed by atoms with E-state index < -0.39 is 0 Å². The van der Waals surface area contributed by atoms with Gasteiger partial charge in [-0.2, -0.15) is 0 Å². The van der Waals surface area contributed by atoms with E-state index in [2.05, 4.69) is 16.9 Å². The Bertz CT molecular complexity index is 733. The van der Waals surface area contributed by atoms with Crippen molar-refractivity contribution >= 4 is 11.7 Å². The maximum absolute atomic E-state index is 13.0. The molecule has 2 aromatic heterocycles. The summed E-state index contributed by atoms with van der Waals surface area (Å²) in [5.41, 5.74) is 0.600. The van der Waals surface area contributed by atoms with Gasteiger partial charge in [0.05, 0.1) is 6.10 Å². The van der Waals surface area contributed by atoms with E-state index in [0.717, 1.165) is 25.9 Å². The van der Waals surface area contributed by atoms with Crippen molar-refractivity contribution in [1.29, 1.82) is 0 Å².